The third-order valence-corrected chi connectivity index (χ3v) is 24.0. The fourth-order valence-electron chi connectivity index (χ4n) is 18.1. The SMILES string of the molecule is CC(C)CCC[C@@H](C)[C@H]1CCC2C3CCC4C[C@@H](OC(=O)C[C@H](NC(=O)CCOCCOCCOCCOCCOCCOCCOCCOCCNC(=O)CCCCC(=O)Cn5cc(C(=O)N6CCN(C(=O)c7cn8nc(-c9ccc(F)cc9)cc(C(C)(C)C)c8n7)C(C)(C)C6)nn5)C(N)=O)CC[C@]4(C)C3CC[C@@]21C. The summed E-state index contributed by atoms with van der Waals surface area (Å²) in [5.41, 5.74) is 8.31. The van der Waals surface area contributed by atoms with Gasteiger partial charge in [-0.3, -0.25) is 33.6 Å². The zero-order chi connectivity index (χ0) is 79.7. The molecule has 4 aliphatic carbocycles. The quantitative estimate of drug-likeness (QED) is 0.0273. The Bertz CT molecular complexity index is 3640. The number of hydrogen-bond donors (Lipinski definition) is 3. The number of esters is 1. The minimum Gasteiger partial charge on any atom is -0.462 e. The predicted molar refractivity (Wildman–Crippen MR) is 414 cm³/mol. The van der Waals surface area contributed by atoms with Gasteiger partial charge in [0.25, 0.3) is 11.8 Å². The van der Waals surface area contributed by atoms with Crippen molar-refractivity contribution in [3.8, 4) is 11.3 Å². The minimum atomic E-state index is -1.16. The van der Waals surface area contributed by atoms with Crippen LogP contribution in [0.1, 0.15) is 211 Å². The number of fused-ring (bicyclic) bond motifs is 6. The molecule has 1 aliphatic heterocycles. The highest BCUT2D eigenvalue weighted by molar-refractivity contribution is 5.95. The summed E-state index contributed by atoms with van der Waals surface area (Å²) in [6.07, 6.45) is 18.8. The van der Waals surface area contributed by atoms with E-state index in [-0.39, 0.29) is 123 Å². The molecular weight excluding hydrogens is 1430 g/mol. The summed E-state index contributed by atoms with van der Waals surface area (Å²) in [5, 5.41) is 18.3. The minimum absolute atomic E-state index is 0.00654. The smallest absolute Gasteiger partial charge is 0.308 e. The third-order valence-electron chi connectivity index (χ3n) is 24.0. The molecule has 4 aromatic rings. The second-order valence-corrected chi connectivity index (χ2v) is 33.9. The number of carbonyl (C=O) groups excluding carboxylic acids is 7. The Labute approximate surface area is 655 Å². The molecule has 4 heterocycles. The summed E-state index contributed by atoms with van der Waals surface area (Å²) in [5.74, 6) is 2.30. The van der Waals surface area contributed by atoms with E-state index in [1.165, 1.54) is 80.8 Å². The molecule has 1 aromatic carbocycles. The number of hydrogen-bond acceptors (Lipinski definition) is 20. The van der Waals surface area contributed by atoms with Crippen LogP contribution in [0.4, 0.5) is 4.39 Å². The summed E-state index contributed by atoms with van der Waals surface area (Å²) in [7, 11) is 0. The van der Waals surface area contributed by atoms with Crippen molar-refractivity contribution in [2.75, 3.05) is 132 Å². The molecule has 1 saturated heterocycles. The fourth-order valence-corrected chi connectivity index (χ4v) is 18.1. The highest BCUT2D eigenvalue weighted by Gasteiger charge is 2.61. The number of halogens is 1. The van der Waals surface area contributed by atoms with Crippen molar-refractivity contribution in [3.05, 3.63) is 65.5 Å². The lowest BCUT2D eigenvalue weighted by molar-refractivity contribution is -0.163. The van der Waals surface area contributed by atoms with Gasteiger partial charge in [-0.05, 0) is 172 Å². The van der Waals surface area contributed by atoms with E-state index in [2.05, 4.69) is 76.3 Å². The van der Waals surface area contributed by atoms with Gasteiger partial charge in [-0.25, -0.2) is 18.6 Å². The van der Waals surface area contributed by atoms with E-state index in [1.807, 2.05) is 19.9 Å². The van der Waals surface area contributed by atoms with Crippen molar-refractivity contribution in [1.29, 1.82) is 0 Å². The van der Waals surface area contributed by atoms with Crippen LogP contribution in [0.2, 0.25) is 0 Å². The number of benzene rings is 1. The van der Waals surface area contributed by atoms with E-state index in [9.17, 15) is 38.0 Å². The summed E-state index contributed by atoms with van der Waals surface area (Å²) >= 11 is 0. The Hall–Kier alpha value is -6.92. The Balaban J connectivity index is 0.497. The first-order chi connectivity index (χ1) is 53.1. The van der Waals surface area contributed by atoms with Gasteiger partial charge in [-0.2, -0.15) is 5.10 Å². The number of ether oxygens (including phenoxy) is 9. The van der Waals surface area contributed by atoms with E-state index in [1.54, 1.807) is 32.6 Å². The summed E-state index contributed by atoms with van der Waals surface area (Å²) in [6, 6.07) is 6.86. The van der Waals surface area contributed by atoms with Crippen molar-refractivity contribution in [2.45, 2.75) is 214 Å². The number of amides is 5. The van der Waals surface area contributed by atoms with Crippen LogP contribution < -0.4 is 16.4 Å². The number of rotatable bonds is 47. The number of carbonyl (C=O) groups is 7. The van der Waals surface area contributed by atoms with Crippen molar-refractivity contribution in [1.82, 2.24) is 50.0 Å². The molecule has 4 unspecified atom stereocenters. The van der Waals surface area contributed by atoms with Crippen LogP contribution in [0.15, 0.2) is 42.7 Å². The monoisotopic (exact) mass is 1550 g/mol. The zero-order valence-corrected chi connectivity index (χ0v) is 67.9. The predicted octanol–water partition coefficient (Wildman–Crippen LogP) is 9.96. The third kappa shape index (κ3) is 25.5. The van der Waals surface area contributed by atoms with E-state index >= 15 is 0 Å². The van der Waals surface area contributed by atoms with E-state index < -0.39 is 29.4 Å². The molecule has 5 amide bonds. The largest absolute Gasteiger partial charge is 0.462 e. The molecule has 10 atom stereocenters. The molecule has 27 nitrogen and oxygen atoms in total. The van der Waals surface area contributed by atoms with Crippen LogP contribution in [0, 0.1) is 58.1 Å². The normalized spacial score (nSPS) is 22.9. The van der Waals surface area contributed by atoms with Gasteiger partial charge in [-0.15, -0.1) is 5.10 Å². The lowest BCUT2D eigenvalue weighted by Gasteiger charge is -2.61. The molecule has 5 fully saturated rings. The van der Waals surface area contributed by atoms with Crippen LogP contribution in [-0.4, -0.2) is 230 Å². The van der Waals surface area contributed by atoms with Gasteiger partial charge in [-0.1, -0.05) is 79.9 Å². The van der Waals surface area contributed by atoms with E-state index in [0.29, 0.717) is 135 Å². The highest BCUT2D eigenvalue weighted by Crippen LogP contribution is 2.68. The van der Waals surface area contributed by atoms with Crippen molar-refractivity contribution < 1.29 is 80.6 Å². The number of unbranched alkanes of at least 4 members (excludes halogenated alkanes) is 1. The zero-order valence-electron chi connectivity index (χ0n) is 67.9. The molecule has 3 aromatic heterocycles. The number of Topliss-reactive ketones (excluding diaryl/α,β-unsaturated/α-hetero) is 1. The molecule has 0 spiro atoms. The van der Waals surface area contributed by atoms with Gasteiger partial charge in [0, 0.05) is 56.6 Å². The number of piperazine rings is 1. The van der Waals surface area contributed by atoms with Crippen LogP contribution in [0.25, 0.3) is 16.9 Å². The second-order valence-electron chi connectivity index (χ2n) is 33.9. The van der Waals surface area contributed by atoms with Gasteiger partial charge in [0.05, 0.1) is 136 Å². The van der Waals surface area contributed by atoms with Crippen LogP contribution >= 0.6 is 0 Å². The summed E-state index contributed by atoms with van der Waals surface area (Å²) in [4.78, 5) is 99.6. The Kier molecular flexibility index (Phi) is 33.7. The van der Waals surface area contributed by atoms with Gasteiger partial charge in [0.1, 0.15) is 30.2 Å². The van der Waals surface area contributed by atoms with Gasteiger partial charge < -0.3 is 68.8 Å². The number of ketones is 1. The average Bonchev–Trinajstić information content (AvgIpc) is 1.61. The molecule has 111 heavy (non-hydrogen) atoms. The maximum atomic E-state index is 14.1. The lowest BCUT2D eigenvalue weighted by Crippen LogP contribution is -2.62. The van der Waals surface area contributed by atoms with Gasteiger partial charge >= 0.3 is 5.97 Å². The second kappa shape index (κ2) is 42.4. The first-order valence-corrected chi connectivity index (χ1v) is 41.0. The first-order valence-electron chi connectivity index (χ1n) is 41.0. The topological polar surface area (TPSA) is 320 Å². The Morgan fingerprint density at radius 1 is 0.649 bits per heavy atom. The Morgan fingerprint density at radius 3 is 1.86 bits per heavy atom. The maximum absolute atomic E-state index is 14.1. The first kappa shape index (κ1) is 88.0. The molecule has 28 heteroatoms. The number of nitrogens with two attached hydrogens (primary N) is 1. The lowest BCUT2D eigenvalue weighted by atomic mass is 9.44. The number of imidazole rings is 1. The van der Waals surface area contributed by atoms with Crippen LogP contribution in [0.5, 0.6) is 0 Å². The molecule has 618 valence electrons. The average molecular weight is 1550 g/mol. The number of aromatic nitrogens is 6. The van der Waals surface area contributed by atoms with Crippen molar-refractivity contribution in [2.24, 2.45) is 58.0 Å². The van der Waals surface area contributed by atoms with E-state index in [4.69, 9.17) is 58.4 Å². The molecule has 0 bridgehead atoms. The number of nitrogens with zero attached hydrogens (tertiary/aromatic N) is 8. The van der Waals surface area contributed by atoms with Gasteiger partial charge in [0.2, 0.25) is 17.7 Å². The molecule has 4 N–H and O–H groups in total. The number of primary amides is 1. The molecule has 0 radical (unpaired) electrons. The van der Waals surface area contributed by atoms with E-state index in [0.717, 1.165) is 65.9 Å². The fraction of sp³-hybridized carbons (Fsp3) is 0.747. The van der Waals surface area contributed by atoms with Gasteiger partial charge in [0.15, 0.2) is 17.1 Å². The molecule has 9 rings (SSSR count). The summed E-state index contributed by atoms with van der Waals surface area (Å²) < 4.78 is 67.2. The van der Waals surface area contributed by atoms with Crippen LogP contribution in [-0.2, 0) is 78.6 Å². The Morgan fingerprint density at radius 2 is 1.25 bits per heavy atom. The van der Waals surface area contributed by atoms with Crippen molar-refractivity contribution >= 4 is 46.9 Å². The molecular formula is C83H128FN11O16. The van der Waals surface area contributed by atoms with Crippen molar-refractivity contribution in [3.63, 3.8) is 0 Å². The molecule has 5 aliphatic rings. The highest BCUT2D eigenvalue weighted by atomic mass is 19.1. The number of nitrogens with one attached hydrogen (secondary N) is 2. The van der Waals surface area contributed by atoms with Crippen LogP contribution in [0.3, 0.4) is 0 Å². The maximum Gasteiger partial charge on any atom is 0.308 e. The standard InChI is InChI=1S/C83H128FN11O16/c1-57(2)14-13-15-58(3)65-24-25-66-64-23-20-60-50-63(26-29-82(60,9)67(64)27-30-83(65,66)10)111-75(99)52-70(76(85)100)87-74(98)28-34-103-36-38-105-40-42-107-44-46-109-48-49-110-47-45-108-43-41-106-39-37-104-35-31-86-73(97)17-12-11-16-62(96)53-93-54-72(89-91-93)78(101)92-32-33-94(81(7,8)56-92)79(102)71-55-95-77(88-71)68(80(4,5)6)51-69(90-95)59-18-21-61(84)22-19-59/h18-19,21-22,51,54-55,57-58,60,63-67,70H,11-17,20,23-50,52-53,56H2,1-10H3,(H2,85,100)(H,86,97)(H,87,98)/t58-,60?,63+,64?,65-,66?,67?,70+,82+,83-/m1/s1. The molecule has 4 saturated carbocycles. The summed E-state index contributed by atoms with van der Waals surface area (Å²) in [6.45, 7) is 29.0.